The van der Waals surface area contributed by atoms with Crippen molar-refractivity contribution in [2.45, 2.75) is 19.4 Å². The van der Waals surface area contributed by atoms with Gasteiger partial charge in [0.15, 0.2) is 0 Å². The van der Waals surface area contributed by atoms with Gasteiger partial charge in [0.25, 0.3) is 5.91 Å². The fraction of sp³-hybridized carbons (Fsp3) is 0.333. The molecule has 1 aliphatic carbocycles. The van der Waals surface area contributed by atoms with E-state index >= 15 is 0 Å². The van der Waals surface area contributed by atoms with Crippen molar-refractivity contribution < 1.29 is 14.3 Å². The fourth-order valence-electron chi connectivity index (χ4n) is 2.98. The molecule has 0 spiro atoms. The predicted octanol–water partition coefficient (Wildman–Crippen LogP) is 2.00. The molecule has 1 aliphatic heterocycles. The van der Waals surface area contributed by atoms with Crippen molar-refractivity contribution in [1.82, 2.24) is 19.7 Å². The maximum atomic E-state index is 12.8. The largest absolute Gasteiger partial charge is 0.472 e. The summed E-state index contributed by atoms with van der Waals surface area (Å²) >= 11 is 0. The number of hydrogen-bond acceptors (Lipinski definition) is 6. The van der Waals surface area contributed by atoms with Gasteiger partial charge in [0.1, 0.15) is 18.1 Å². The molecule has 2 aromatic heterocycles. The van der Waals surface area contributed by atoms with Gasteiger partial charge in [-0.2, -0.15) is 4.98 Å². The molecular weight excluding hydrogens is 334 g/mol. The third kappa shape index (κ3) is 3.17. The van der Waals surface area contributed by atoms with E-state index in [2.05, 4.69) is 27.2 Å². The predicted molar refractivity (Wildman–Crippen MR) is 94.4 cm³/mol. The molecule has 0 atom stereocenters. The summed E-state index contributed by atoms with van der Waals surface area (Å²) in [4.78, 5) is 22.6. The highest BCUT2D eigenvalue weighted by atomic mass is 16.5. The van der Waals surface area contributed by atoms with Crippen LogP contribution in [0.5, 0.6) is 11.9 Å². The van der Waals surface area contributed by atoms with Crippen LogP contribution in [0.4, 0.5) is 5.82 Å². The van der Waals surface area contributed by atoms with Gasteiger partial charge in [-0.05, 0) is 24.5 Å². The Morgan fingerprint density at radius 3 is 3.04 bits per heavy atom. The number of amides is 1. The molecule has 0 saturated heterocycles. The van der Waals surface area contributed by atoms with Crippen LogP contribution in [0.3, 0.4) is 0 Å². The number of aromatic nitrogens is 4. The number of carbonyl (C=O) groups is 1. The van der Waals surface area contributed by atoms with Crippen molar-refractivity contribution in [2.24, 2.45) is 0 Å². The smallest absolute Gasteiger partial charge is 0.318 e. The standard InChI is InChI=1S/C18H19N5O3/c1-25-18-19-8-7-15(20-18)22-9-10-23-14(17(22)24)11-16(21-23)26-12-13-5-3-2-4-6-13/h2-3,5,7-8,11H,4,6,9-10,12H2,1H3. The third-order valence-corrected chi connectivity index (χ3v) is 4.34. The van der Waals surface area contributed by atoms with Crippen LogP contribution < -0.4 is 14.4 Å². The zero-order valence-electron chi connectivity index (χ0n) is 14.5. The fourth-order valence-corrected chi connectivity index (χ4v) is 2.98. The van der Waals surface area contributed by atoms with E-state index in [0.717, 1.165) is 12.8 Å². The number of ether oxygens (including phenoxy) is 2. The van der Waals surface area contributed by atoms with Crippen LogP contribution in [0.2, 0.25) is 0 Å². The van der Waals surface area contributed by atoms with E-state index in [1.54, 1.807) is 27.9 Å². The highest BCUT2D eigenvalue weighted by Gasteiger charge is 2.29. The first kappa shape index (κ1) is 16.3. The Balaban J connectivity index is 1.50. The molecule has 4 rings (SSSR count). The molecule has 0 bridgehead atoms. The Bertz CT molecular complexity index is 887. The molecule has 0 saturated carbocycles. The zero-order chi connectivity index (χ0) is 17.9. The molecule has 0 N–H and O–H groups in total. The van der Waals surface area contributed by atoms with Crippen LogP contribution in [0.25, 0.3) is 0 Å². The Kier molecular flexibility index (Phi) is 4.39. The number of fused-ring (bicyclic) bond motifs is 1. The van der Waals surface area contributed by atoms with Crippen LogP contribution >= 0.6 is 0 Å². The summed E-state index contributed by atoms with van der Waals surface area (Å²) in [6.07, 6.45) is 9.83. The van der Waals surface area contributed by atoms with E-state index in [0.29, 0.717) is 37.1 Å². The van der Waals surface area contributed by atoms with Gasteiger partial charge in [0, 0.05) is 18.8 Å². The number of allylic oxidation sites excluding steroid dienone is 3. The maximum absolute atomic E-state index is 12.8. The number of hydrogen-bond donors (Lipinski definition) is 0. The van der Waals surface area contributed by atoms with E-state index in [1.165, 1.54) is 12.7 Å². The summed E-state index contributed by atoms with van der Waals surface area (Å²) in [7, 11) is 1.49. The van der Waals surface area contributed by atoms with Gasteiger partial charge in [-0.3, -0.25) is 14.4 Å². The third-order valence-electron chi connectivity index (χ3n) is 4.34. The quantitative estimate of drug-likeness (QED) is 0.818. The van der Waals surface area contributed by atoms with E-state index in [9.17, 15) is 4.79 Å². The van der Waals surface area contributed by atoms with Gasteiger partial charge >= 0.3 is 6.01 Å². The summed E-state index contributed by atoms with van der Waals surface area (Å²) < 4.78 is 12.5. The average molecular weight is 353 g/mol. The van der Waals surface area contributed by atoms with Gasteiger partial charge < -0.3 is 9.47 Å². The SMILES string of the molecule is COc1nccc(N2CCn3nc(OCC4=CC=CCC4)cc3C2=O)n1. The van der Waals surface area contributed by atoms with Gasteiger partial charge in [0.05, 0.1) is 13.7 Å². The van der Waals surface area contributed by atoms with E-state index in [4.69, 9.17) is 9.47 Å². The molecule has 1 amide bonds. The monoisotopic (exact) mass is 353 g/mol. The first-order valence-electron chi connectivity index (χ1n) is 8.49. The minimum absolute atomic E-state index is 0.167. The molecule has 2 aromatic rings. The number of carbonyl (C=O) groups excluding carboxylic acids is 1. The summed E-state index contributed by atoms with van der Waals surface area (Å²) in [5.74, 6) is 0.806. The molecule has 2 aliphatic rings. The van der Waals surface area contributed by atoms with Crippen molar-refractivity contribution in [3.05, 3.63) is 47.8 Å². The summed E-state index contributed by atoms with van der Waals surface area (Å²) in [6, 6.07) is 3.60. The molecule has 134 valence electrons. The molecular formula is C18H19N5O3. The number of anilines is 1. The molecule has 8 nitrogen and oxygen atoms in total. The van der Waals surface area contributed by atoms with Gasteiger partial charge in [-0.25, -0.2) is 4.98 Å². The molecule has 0 radical (unpaired) electrons. The second-order valence-corrected chi connectivity index (χ2v) is 6.03. The van der Waals surface area contributed by atoms with E-state index in [-0.39, 0.29) is 11.9 Å². The molecule has 26 heavy (non-hydrogen) atoms. The second-order valence-electron chi connectivity index (χ2n) is 6.03. The summed E-state index contributed by atoms with van der Waals surface area (Å²) in [5, 5.41) is 4.39. The lowest BCUT2D eigenvalue weighted by atomic mass is 10.1. The number of nitrogens with zero attached hydrogens (tertiary/aromatic N) is 5. The van der Waals surface area contributed by atoms with Gasteiger partial charge in [-0.1, -0.05) is 18.2 Å². The number of methoxy groups -OCH3 is 1. The van der Waals surface area contributed by atoms with Crippen molar-refractivity contribution in [3.8, 4) is 11.9 Å². The Labute approximate surface area is 150 Å². The van der Waals surface area contributed by atoms with Crippen molar-refractivity contribution in [2.75, 3.05) is 25.2 Å². The van der Waals surface area contributed by atoms with E-state index in [1.807, 2.05) is 6.08 Å². The first-order valence-corrected chi connectivity index (χ1v) is 8.49. The summed E-state index contributed by atoms with van der Waals surface area (Å²) in [5.41, 5.74) is 1.71. The highest BCUT2D eigenvalue weighted by molar-refractivity contribution is 6.05. The Morgan fingerprint density at radius 1 is 1.31 bits per heavy atom. The van der Waals surface area contributed by atoms with Gasteiger partial charge in [-0.15, -0.1) is 5.10 Å². The first-order chi connectivity index (χ1) is 12.7. The lowest BCUT2D eigenvalue weighted by Crippen LogP contribution is -2.41. The van der Waals surface area contributed by atoms with Gasteiger partial charge in [0.2, 0.25) is 5.88 Å². The highest BCUT2D eigenvalue weighted by Crippen LogP contribution is 2.23. The zero-order valence-corrected chi connectivity index (χ0v) is 14.5. The Hall–Kier alpha value is -3.16. The van der Waals surface area contributed by atoms with Crippen LogP contribution in [0.1, 0.15) is 23.3 Å². The van der Waals surface area contributed by atoms with Crippen molar-refractivity contribution in [1.29, 1.82) is 0 Å². The average Bonchev–Trinajstić information content (AvgIpc) is 3.12. The van der Waals surface area contributed by atoms with Crippen LogP contribution in [-0.4, -0.2) is 45.9 Å². The van der Waals surface area contributed by atoms with Crippen molar-refractivity contribution >= 4 is 11.7 Å². The molecule has 8 heteroatoms. The Morgan fingerprint density at radius 2 is 2.23 bits per heavy atom. The minimum atomic E-state index is -0.167. The van der Waals surface area contributed by atoms with Crippen LogP contribution in [0.15, 0.2) is 42.1 Å². The molecule has 0 fully saturated rings. The lowest BCUT2D eigenvalue weighted by molar-refractivity contribution is 0.0961. The van der Waals surface area contributed by atoms with E-state index < -0.39 is 0 Å². The lowest BCUT2D eigenvalue weighted by Gasteiger charge is -2.26. The minimum Gasteiger partial charge on any atom is -0.472 e. The molecule has 3 heterocycles. The maximum Gasteiger partial charge on any atom is 0.318 e. The van der Waals surface area contributed by atoms with Crippen LogP contribution in [0, 0.1) is 0 Å². The van der Waals surface area contributed by atoms with Crippen molar-refractivity contribution in [3.63, 3.8) is 0 Å². The summed E-state index contributed by atoms with van der Waals surface area (Å²) in [6.45, 7) is 1.53. The number of rotatable bonds is 5. The molecule has 0 aromatic carbocycles. The second kappa shape index (κ2) is 6.99. The normalized spacial score (nSPS) is 16.3. The topological polar surface area (TPSA) is 82.4 Å². The molecule has 0 unspecified atom stereocenters. The van der Waals surface area contributed by atoms with Crippen LogP contribution in [-0.2, 0) is 6.54 Å².